The van der Waals surface area contributed by atoms with E-state index < -0.39 is 11.6 Å². The maximum absolute atomic E-state index is 12.6. The number of rotatable bonds is 6. The van der Waals surface area contributed by atoms with Crippen LogP contribution in [0.15, 0.2) is 35.2 Å². The van der Waals surface area contributed by atoms with Crippen LogP contribution in [0.1, 0.15) is 42.6 Å². The zero-order valence-corrected chi connectivity index (χ0v) is 19.9. The average Bonchev–Trinajstić information content (AvgIpc) is 3.08. The number of aliphatic hydroxyl groups is 1. The number of hydrogen-bond donors (Lipinski definition) is 1. The summed E-state index contributed by atoms with van der Waals surface area (Å²) in [6.45, 7) is 4.12. The maximum atomic E-state index is 12.6. The van der Waals surface area contributed by atoms with Crippen LogP contribution in [-0.2, 0) is 12.8 Å². The van der Waals surface area contributed by atoms with Gasteiger partial charge in [0.2, 0.25) is 0 Å². The molecule has 0 bridgehead atoms. The van der Waals surface area contributed by atoms with Crippen LogP contribution in [0.4, 0.5) is 18.9 Å². The van der Waals surface area contributed by atoms with E-state index in [1.807, 2.05) is 6.07 Å². The number of alkyl halides is 3. The third-order valence-corrected chi connectivity index (χ3v) is 7.51. The maximum Gasteiger partial charge on any atom is 0.446 e. The second-order valence-electron chi connectivity index (χ2n) is 9.00. The average molecular weight is 482 g/mol. The summed E-state index contributed by atoms with van der Waals surface area (Å²) < 4.78 is 49.2. The fourth-order valence-electron chi connectivity index (χ4n) is 5.02. The van der Waals surface area contributed by atoms with Crippen molar-refractivity contribution in [3.05, 3.63) is 47.0 Å². The molecule has 33 heavy (non-hydrogen) atoms. The minimum Gasteiger partial charge on any atom is -0.493 e. The fourth-order valence-corrected chi connectivity index (χ4v) is 5.56. The lowest BCUT2D eigenvalue weighted by atomic mass is 9.94. The van der Waals surface area contributed by atoms with Gasteiger partial charge >= 0.3 is 5.51 Å². The first kappa shape index (κ1) is 24.1. The van der Waals surface area contributed by atoms with E-state index in [2.05, 4.69) is 11.8 Å². The number of fused-ring (bicyclic) bond motifs is 1. The van der Waals surface area contributed by atoms with E-state index in [4.69, 9.17) is 9.47 Å². The van der Waals surface area contributed by atoms with Crippen molar-refractivity contribution in [3.8, 4) is 11.5 Å². The van der Waals surface area contributed by atoms with Crippen molar-refractivity contribution in [3.63, 3.8) is 0 Å². The number of piperidine rings is 1. The monoisotopic (exact) mass is 481 g/mol. The van der Waals surface area contributed by atoms with Crippen molar-refractivity contribution < 1.29 is 27.8 Å². The first-order chi connectivity index (χ1) is 15.7. The molecule has 0 saturated carbocycles. The van der Waals surface area contributed by atoms with Gasteiger partial charge in [-0.25, -0.2) is 0 Å². The topological polar surface area (TPSA) is 41.9 Å². The van der Waals surface area contributed by atoms with Gasteiger partial charge in [0.1, 0.15) is 0 Å². The molecule has 1 fully saturated rings. The van der Waals surface area contributed by atoms with Gasteiger partial charge in [-0.3, -0.25) is 0 Å². The van der Waals surface area contributed by atoms with Crippen LogP contribution in [0.2, 0.25) is 0 Å². The molecule has 4 rings (SSSR count). The lowest BCUT2D eigenvalue weighted by Gasteiger charge is -2.35. The first-order valence-electron chi connectivity index (χ1n) is 11.3. The van der Waals surface area contributed by atoms with Gasteiger partial charge in [0.05, 0.1) is 26.0 Å². The Bertz CT molecular complexity index is 972. The Morgan fingerprint density at radius 3 is 2.33 bits per heavy atom. The number of ether oxygens (including phenoxy) is 2. The molecule has 180 valence electrons. The molecule has 1 saturated heterocycles. The molecule has 0 amide bonds. The second kappa shape index (κ2) is 9.66. The van der Waals surface area contributed by atoms with Crippen molar-refractivity contribution in [1.29, 1.82) is 0 Å². The number of thioether (sulfide) groups is 1. The molecule has 1 N–H and O–H groups in total. The minimum atomic E-state index is -4.30. The van der Waals surface area contributed by atoms with Crippen LogP contribution < -0.4 is 14.4 Å². The minimum absolute atomic E-state index is 0.0691. The summed E-state index contributed by atoms with van der Waals surface area (Å²) in [5, 5.41) is 11.2. The molecule has 1 heterocycles. The third-order valence-electron chi connectivity index (χ3n) is 6.77. The number of halogens is 3. The van der Waals surface area contributed by atoms with Crippen LogP contribution in [-0.4, -0.2) is 37.9 Å². The van der Waals surface area contributed by atoms with Gasteiger partial charge in [0.25, 0.3) is 0 Å². The molecule has 1 aliphatic heterocycles. The molecular formula is C25H30F3NO3S. The summed E-state index contributed by atoms with van der Waals surface area (Å²) in [6.07, 6.45) is 2.78. The van der Waals surface area contributed by atoms with Gasteiger partial charge in [-0.1, -0.05) is 19.1 Å². The normalized spacial score (nSPS) is 21.2. The Balaban J connectivity index is 1.60. The molecular weight excluding hydrogens is 451 g/mol. The number of benzene rings is 2. The molecule has 8 heteroatoms. The Hall–Kier alpha value is -2.06. The Labute approximate surface area is 197 Å². The number of hydrogen-bond acceptors (Lipinski definition) is 5. The summed E-state index contributed by atoms with van der Waals surface area (Å²) in [5.74, 6) is 1.92. The highest BCUT2D eigenvalue weighted by molar-refractivity contribution is 8.00. The van der Waals surface area contributed by atoms with E-state index in [1.54, 1.807) is 26.4 Å². The van der Waals surface area contributed by atoms with Gasteiger partial charge in [-0.15, -0.1) is 0 Å². The summed E-state index contributed by atoms with van der Waals surface area (Å²) in [4.78, 5) is 2.51. The number of methoxy groups -OCH3 is 2. The molecule has 1 aliphatic carbocycles. The highest BCUT2D eigenvalue weighted by Gasteiger charge is 2.37. The van der Waals surface area contributed by atoms with Crippen molar-refractivity contribution in [2.24, 2.45) is 11.8 Å². The number of aliphatic hydroxyl groups excluding tert-OH is 1. The Morgan fingerprint density at radius 1 is 1.09 bits per heavy atom. The summed E-state index contributed by atoms with van der Waals surface area (Å²) >= 11 is -0.114. The first-order valence-corrected chi connectivity index (χ1v) is 12.1. The highest BCUT2D eigenvalue weighted by Crippen LogP contribution is 2.51. The predicted molar refractivity (Wildman–Crippen MR) is 124 cm³/mol. The SMILES string of the molecule is COc1cc2c(c(N3CCC(C)CC3)c1OC)CC(Cc1ccc(SC(F)(F)F)cc1)C2O. The zero-order valence-electron chi connectivity index (χ0n) is 19.1. The Morgan fingerprint density at radius 2 is 1.76 bits per heavy atom. The predicted octanol–water partition coefficient (Wildman–Crippen LogP) is 6.00. The van der Waals surface area contributed by atoms with Gasteiger partial charge in [-0.2, -0.15) is 13.2 Å². The fraction of sp³-hybridized carbons (Fsp3) is 0.520. The largest absolute Gasteiger partial charge is 0.493 e. The highest BCUT2D eigenvalue weighted by atomic mass is 32.2. The second-order valence-corrected chi connectivity index (χ2v) is 10.1. The lowest BCUT2D eigenvalue weighted by molar-refractivity contribution is -0.0328. The number of anilines is 1. The van der Waals surface area contributed by atoms with Crippen molar-refractivity contribution >= 4 is 17.4 Å². The van der Waals surface area contributed by atoms with Crippen LogP contribution in [0.5, 0.6) is 11.5 Å². The van der Waals surface area contributed by atoms with E-state index in [1.165, 1.54) is 12.1 Å². The molecule has 2 aromatic carbocycles. The molecule has 0 radical (unpaired) electrons. The van der Waals surface area contributed by atoms with E-state index in [0.717, 1.165) is 48.3 Å². The van der Waals surface area contributed by atoms with E-state index in [0.29, 0.717) is 30.3 Å². The molecule has 2 atom stereocenters. The summed E-state index contributed by atoms with van der Waals surface area (Å²) in [5.41, 5.74) is -0.437. The van der Waals surface area contributed by atoms with E-state index in [9.17, 15) is 18.3 Å². The quantitative estimate of drug-likeness (QED) is 0.513. The third kappa shape index (κ3) is 5.22. The molecule has 2 aliphatic rings. The van der Waals surface area contributed by atoms with Crippen LogP contribution in [0.3, 0.4) is 0 Å². The summed E-state index contributed by atoms with van der Waals surface area (Å²) in [6, 6.07) is 8.30. The van der Waals surface area contributed by atoms with Gasteiger partial charge in [0, 0.05) is 18.0 Å². The smallest absolute Gasteiger partial charge is 0.446 e. The lowest BCUT2D eigenvalue weighted by Crippen LogP contribution is -2.33. The van der Waals surface area contributed by atoms with E-state index >= 15 is 0 Å². The molecule has 0 aromatic heterocycles. The van der Waals surface area contributed by atoms with E-state index in [-0.39, 0.29) is 22.6 Å². The molecule has 2 aromatic rings. The molecule has 0 spiro atoms. The molecule has 2 unspecified atom stereocenters. The van der Waals surface area contributed by atoms with Crippen LogP contribution in [0, 0.1) is 11.8 Å². The standard InChI is InChI=1S/C25H30F3NO3S/c1-15-8-10-29(11-9-15)22-19-13-17(23(30)20(19)14-21(31-2)24(22)32-3)12-16-4-6-18(7-5-16)33-25(26,27)28/h4-7,14-15,17,23,30H,8-13H2,1-3H3. The van der Waals surface area contributed by atoms with Gasteiger partial charge in [0.15, 0.2) is 11.5 Å². The molecule has 4 nitrogen and oxygen atoms in total. The van der Waals surface area contributed by atoms with Crippen LogP contribution in [0.25, 0.3) is 0 Å². The Kier molecular flexibility index (Phi) is 7.05. The van der Waals surface area contributed by atoms with Crippen molar-refractivity contribution in [2.45, 2.75) is 49.1 Å². The van der Waals surface area contributed by atoms with Crippen molar-refractivity contribution in [2.75, 3.05) is 32.2 Å². The van der Waals surface area contributed by atoms with Crippen molar-refractivity contribution in [1.82, 2.24) is 0 Å². The van der Waals surface area contributed by atoms with Gasteiger partial charge < -0.3 is 19.5 Å². The number of nitrogens with zero attached hydrogens (tertiary/aromatic N) is 1. The summed E-state index contributed by atoms with van der Waals surface area (Å²) in [7, 11) is 3.25. The van der Waals surface area contributed by atoms with Crippen LogP contribution >= 0.6 is 11.8 Å². The van der Waals surface area contributed by atoms with Gasteiger partial charge in [-0.05, 0) is 84.2 Å². The zero-order chi connectivity index (χ0) is 23.8.